The first-order valence-corrected chi connectivity index (χ1v) is 9.62. The predicted molar refractivity (Wildman–Crippen MR) is 93.0 cm³/mol. The molecule has 116 valence electrons. The lowest BCUT2D eigenvalue weighted by molar-refractivity contribution is -0.123. The highest BCUT2D eigenvalue weighted by atomic mass is 79.9. The molecule has 2 amide bonds. The summed E-state index contributed by atoms with van der Waals surface area (Å²) in [7, 11) is 0. The molecule has 0 unspecified atom stereocenters. The Morgan fingerprint density at radius 2 is 1.55 bits per heavy atom. The van der Waals surface area contributed by atoms with Crippen LogP contribution in [0.1, 0.15) is 6.42 Å². The average molecular weight is 468 g/mol. The third-order valence-electron chi connectivity index (χ3n) is 5.16. The Bertz CT molecular complexity index is 666. The molecule has 1 saturated heterocycles. The zero-order valence-electron chi connectivity index (χ0n) is 11.2. The number of nitrogens with zero attached hydrogens (tertiary/aromatic N) is 1. The van der Waals surface area contributed by atoms with Crippen LogP contribution in [0, 0.1) is 23.7 Å². The number of alkyl halides is 2. The van der Waals surface area contributed by atoms with Gasteiger partial charge in [0.15, 0.2) is 0 Å². The van der Waals surface area contributed by atoms with E-state index < -0.39 is 0 Å². The molecule has 3 nitrogen and oxygen atoms in total. The van der Waals surface area contributed by atoms with Crippen LogP contribution in [0.4, 0.5) is 5.69 Å². The fraction of sp³-hybridized carbons (Fsp3) is 0.467. The SMILES string of the molecule is O=C1[C@H]2[C@@H]3C[C@@H]([C@@H](Br)[C@H]3Br)[C@@H]2C(=O)N1c1cccc(Cl)c1Cl. The number of benzene rings is 1. The monoisotopic (exact) mass is 465 g/mol. The van der Waals surface area contributed by atoms with Crippen molar-refractivity contribution < 1.29 is 9.59 Å². The molecule has 2 aliphatic carbocycles. The summed E-state index contributed by atoms with van der Waals surface area (Å²) in [5, 5.41) is 0.598. The predicted octanol–water partition coefficient (Wildman–Crippen LogP) is 4.28. The number of amides is 2. The Balaban J connectivity index is 1.78. The number of fused-ring (bicyclic) bond motifs is 5. The molecule has 0 radical (unpaired) electrons. The largest absolute Gasteiger partial charge is 0.274 e. The Morgan fingerprint density at radius 1 is 1.00 bits per heavy atom. The van der Waals surface area contributed by atoms with E-state index in [-0.39, 0.29) is 50.2 Å². The Hall–Kier alpha value is -0.100. The smallest absolute Gasteiger partial charge is 0.238 e. The second-order valence-corrected chi connectivity index (χ2v) is 8.99. The van der Waals surface area contributed by atoms with Gasteiger partial charge in [-0.1, -0.05) is 61.1 Å². The number of carbonyl (C=O) groups is 2. The molecule has 0 N–H and O–H groups in total. The van der Waals surface area contributed by atoms with Crippen LogP contribution in [0.5, 0.6) is 0 Å². The maximum absolute atomic E-state index is 12.9. The number of hydrogen-bond donors (Lipinski definition) is 0. The Morgan fingerprint density at radius 3 is 2.09 bits per heavy atom. The van der Waals surface area contributed by atoms with Gasteiger partial charge in [0.1, 0.15) is 0 Å². The lowest BCUT2D eigenvalue weighted by Gasteiger charge is -2.28. The molecular weight excluding hydrogens is 457 g/mol. The van der Waals surface area contributed by atoms with Crippen molar-refractivity contribution in [3.63, 3.8) is 0 Å². The van der Waals surface area contributed by atoms with Gasteiger partial charge >= 0.3 is 0 Å². The summed E-state index contributed by atoms with van der Waals surface area (Å²) in [5.74, 6) is -0.389. The van der Waals surface area contributed by atoms with Gasteiger partial charge in [0, 0.05) is 9.65 Å². The van der Waals surface area contributed by atoms with E-state index in [4.69, 9.17) is 23.2 Å². The van der Waals surface area contributed by atoms with E-state index in [0.717, 1.165) is 6.42 Å². The van der Waals surface area contributed by atoms with Crippen molar-refractivity contribution in [2.45, 2.75) is 16.1 Å². The van der Waals surface area contributed by atoms with Gasteiger partial charge in [0.05, 0.1) is 27.6 Å². The van der Waals surface area contributed by atoms with Gasteiger partial charge in [-0.2, -0.15) is 0 Å². The standard InChI is InChI=1S/C15H11Br2Cl2NO2/c16-11-5-4-6(12(11)17)10-9(5)14(21)20(15(10)22)8-3-1-2-7(18)13(8)19/h1-3,5-6,9-12H,4H2/t5-,6+,9-,10-,11-,12+/m0/s1. The van der Waals surface area contributed by atoms with E-state index in [2.05, 4.69) is 31.9 Å². The summed E-state index contributed by atoms with van der Waals surface area (Å²) in [6, 6.07) is 5.02. The van der Waals surface area contributed by atoms with Crippen LogP contribution >= 0.6 is 55.1 Å². The highest BCUT2D eigenvalue weighted by Crippen LogP contribution is 2.60. The van der Waals surface area contributed by atoms with Crippen LogP contribution < -0.4 is 4.90 Å². The molecule has 3 fully saturated rings. The van der Waals surface area contributed by atoms with E-state index in [1.165, 1.54) is 4.90 Å². The topological polar surface area (TPSA) is 37.4 Å². The van der Waals surface area contributed by atoms with Gasteiger partial charge in [-0.15, -0.1) is 0 Å². The highest BCUT2D eigenvalue weighted by molar-refractivity contribution is 9.12. The molecule has 2 bridgehead atoms. The first-order valence-electron chi connectivity index (χ1n) is 7.03. The van der Waals surface area contributed by atoms with Crippen LogP contribution in [0.3, 0.4) is 0 Å². The minimum Gasteiger partial charge on any atom is -0.274 e. The molecule has 4 rings (SSSR count). The van der Waals surface area contributed by atoms with Crippen molar-refractivity contribution >= 4 is 72.6 Å². The van der Waals surface area contributed by atoms with E-state index in [1.807, 2.05) is 0 Å². The number of rotatable bonds is 1. The number of carbonyl (C=O) groups excluding carboxylic acids is 2. The average Bonchev–Trinajstić information content (AvgIpc) is 3.08. The van der Waals surface area contributed by atoms with Crippen LogP contribution in [0.15, 0.2) is 18.2 Å². The van der Waals surface area contributed by atoms with Crippen LogP contribution in [-0.4, -0.2) is 21.5 Å². The summed E-state index contributed by atoms with van der Waals surface area (Å²) in [5.41, 5.74) is 0.398. The Labute approximate surface area is 154 Å². The maximum Gasteiger partial charge on any atom is 0.238 e. The van der Waals surface area contributed by atoms with Gasteiger partial charge in [-0.25, -0.2) is 4.90 Å². The number of halogens is 4. The van der Waals surface area contributed by atoms with E-state index in [9.17, 15) is 9.59 Å². The molecule has 22 heavy (non-hydrogen) atoms. The highest BCUT2D eigenvalue weighted by Gasteiger charge is 2.66. The van der Waals surface area contributed by atoms with E-state index >= 15 is 0 Å². The molecule has 7 heteroatoms. The molecule has 1 aliphatic heterocycles. The fourth-order valence-corrected chi connectivity index (χ4v) is 6.50. The first kappa shape index (κ1) is 15.4. The molecule has 3 aliphatic rings. The lowest BCUT2D eigenvalue weighted by atomic mass is 9.81. The van der Waals surface area contributed by atoms with E-state index in [1.54, 1.807) is 18.2 Å². The number of imide groups is 1. The molecule has 0 aromatic heterocycles. The second kappa shape index (κ2) is 5.20. The molecule has 1 aromatic carbocycles. The summed E-state index contributed by atoms with van der Waals surface area (Å²) >= 11 is 19.6. The van der Waals surface area contributed by atoms with Crippen molar-refractivity contribution in [3.8, 4) is 0 Å². The summed E-state index contributed by atoms with van der Waals surface area (Å²) in [6.45, 7) is 0. The van der Waals surface area contributed by atoms with Crippen molar-refractivity contribution in [1.29, 1.82) is 0 Å². The second-order valence-electron chi connectivity index (χ2n) is 6.09. The normalized spacial score (nSPS) is 39.7. The zero-order valence-corrected chi connectivity index (χ0v) is 15.9. The first-order chi connectivity index (χ1) is 10.4. The van der Waals surface area contributed by atoms with Gasteiger partial charge in [-0.05, 0) is 30.4 Å². The third-order valence-corrected chi connectivity index (χ3v) is 9.17. The minimum atomic E-state index is -0.245. The van der Waals surface area contributed by atoms with Gasteiger partial charge in [0.2, 0.25) is 11.8 Å². The van der Waals surface area contributed by atoms with Crippen LogP contribution in [-0.2, 0) is 9.59 Å². The van der Waals surface area contributed by atoms with Crippen molar-refractivity contribution in [3.05, 3.63) is 28.2 Å². The number of anilines is 1. The minimum absolute atomic E-state index is 0.143. The number of hydrogen-bond acceptors (Lipinski definition) is 2. The molecule has 1 heterocycles. The van der Waals surface area contributed by atoms with E-state index in [0.29, 0.717) is 10.7 Å². The van der Waals surface area contributed by atoms with Gasteiger partial charge in [-0.3, -0.25) is 9.59 Å². The summed E-state index contributed by atoms with van der Waals surface area (Å²) in [4.78, 5) is 27.4. The molecule has 1 aromatic rings. The van der Waals surface area contributed by atoms with Crippen LogP contribution in [0.25, 0.3) is 0 Å². The molecule has 2 saturated carbocycles. The van der Waals surface area contributed by atoms with Crippen molar-refractivity contribution in [2.75, 3.05) is 4.90 Å². The third kappa shape index (κ3) is 1.86. The van der Waals surface area contributed by atoms with Gasteiger partial charge in [0.25, 0.3) is 0 Å². The summed E-state index contributed by atoms with van der Waals surface area (Å²) in [6.07, 6.45) is 0.912. The molecule has 6 atom stereocenters. The quantitative estimate of drug-likeness (QED) is 0.457. The van der Waals surface area contributed by atoms with Crippen LogP contribution in [0.2, 0.25) is 10.0 Å². The Kier molecular flexibility index (Phi) is 3.65. The zero-order chi connectivity index (χ0) is 15.8. The summed E-state index contributed by atoms with van der Waals surface area (Å²) < 4.78 is 0. The van der Waals surface area contributed by atoms with Crippen molar-refractivity contribution in [1.82, 2.24) is 0 Å². The van der Waals surface area contributed by atoms with Gasteiger partial charge < -0.3 is 0 Å². The molecular formula is C15H11Br2Cl2NO2. The maximum atomic E-state index is 12.9. The molecule has 0 spiro atoms. The lowest BCUT2D eigenvalue weighted by Crippen LogP contribution is -2.37. The van der Waals surface area contributed by atoms with Crippen molar-refractivity contribution in [2.24, 2.45) is 23.7 Å². The fourth-order valence-electron chi connectivity index (χ4n) is 4.25.